The Morgan fingerprint density at radius 1 is 1.12 bits per heavy atom. The maximum absolute atomic E-state index is 13.2. The number of rotatable bonds is 6. The van der Waals surface area contributed by atoms with Crippen molar-refractivity contribution in [3.8, 4) is 0 Å². The Kier molecular flexibility index (Phi) is 7.01. The number of alkyl halides is 3. The molecule has 3 rings (SSSR count). The number of carbonyl (C=O) groups is 1. The number of nitrogens with one attached hydrogen (secondary N) is 1. The topological polar surface area (TPSA) is 92.3 Å². The van der Waals surface area contributed by atoms with E-state index in [1.165, 1.54) is 32.3 Å². The fraction of sp³-hybridized carbons (Fsp3) is 0.286. The second kappa shape index (κ2) is 9.27. The number of halogens is 3. The van der Waals surface area contributed by atoms with Crippen LogP contribution in [0.25, 0.3) is 10.9 Å². The Hall–Kier alpha value is -2.70. The zero-order valence-electron chi connectivity index (χ0n) is 18.2. The molecule has 0 aliphatic carbocycles. The Bertz CT molecular complexity index is 1330. The summed E-state index contributed by atoms with van der Waals surface area (Å²) in [5.74, 6) is -2.03. The van der Waals surface area contributed by atoms with Gasteiger partial charge in [0.1, 0.15) is 5.03 Å². The molecule has 0 saturated carbocycles. The Labute approximate surface area is 193 Å². The van der Waals surface area contributed by atoms with Crippen LogP contribution in [0.15, 0.2) is 46.3 Å². The zero-order chi connectivity index (χ0) is 24.6. The highest BCUT2D eigenvalue weighted by Gasteiger charge is 2.35. The van der Waals surface area contributed by atoms with Crippen molar-refractivity contribution in [1.29, 1.82) is 0 Å². The average molecular weight is 499 g/mol. The second-order valence-electron chi connectivity index (χ2n) is 7.40. The highest BCUT2D eigenvalue weighted by Crippen LogP contribution is 2.32. The number of thioether (sulfide) groups is 1. The smallest absolute Gasteiger partial charge is 0.325 e. The van der Waals surface area contributed by atoms with Gasteiger partial charge < -0.3 is 5.32 Å². The van der Waals surface area contributed by atoms with E-state index in [4.69, 9.17) is 0 Å². The van der Waals surface area contributed by atoms with Crippen LogP contribution in [-0.2, 0) is 21.0 Å². The molecule has 3 aromatic rings. The lowest BCUT2D eigenvalue weighted by Crippen LogP contribution is -2.23. The number of nitrogens with zero attached hydrogens (tertiary/aromatic N) is 3. The lowest BCUT2D eigenvalue weighted by molar-refractivity contribution is -0.145. The number of benzene rings is 2. The van der Waals surface area contributed by atoms with Crippen molar-refractivity contribution in [3.05, 3.63) is 53.3 Å². The third kappa shape index (κ3) is 5.45. The van der Waals surface area contributed by atoms with Crippen molar-refractivity contribution in [3.63, 3.8) is 0 Å². The van der Waals surface area contributed by atoms with Crippen molar-refractivity contribution in [2.75, 3.05) is 25.2 Å². The summed E-state index contributed by atoms with van der Waals surface area (Å²) in [5, 5.41) is 3.08. The van der Waals surface area contributed by atoms with Crippen molar-refractivity contribution in [1.82, 2.24) is 14.3 Å². The van der Waals surface area contributed by atoms with Crippen LogP contribution in [0.2, 0.25) is 0 Å². The van der Waals surface area contributed by atoms with Crippen molar-refractivity contribution in [2.24, 2.45) is 0 Å². The van der Waals surface area contributed by atoms with E-state index in [1.807, 2.05) is 0 Å². The van der Waals surface area contributed by atoms with Gasteiger partial charge in [0.25, 0.3) is 0 Å². The van der Waals surface area contributed by atoms with E-state index in [9.17, 15) is 26.4 Å². The molecule has 0 spiro atoms. The first-order valence-corrected chi connectivity index (χ1v) is 12.0. The summed E-state index contributed by atoms with van der Waals surface area (Å²) in [6.45, 7) is 3.46. The summed E-state index contributed by atoms with van der Waals surface area (Å²) in [6, 6.07) is 9.11. The molecule has 0 fully saturated rings. The molecule has 1 N–H and O–H groups in total. The summed E-state index contributed by atoms with van der Waals surface area (Å²) >= 11 is 0.843. The fourth-order valence-electron chi connectivity index (χ4n) is 2.92. The van der Waals surface area contributed by atoms with Gasteiger partial charge in [-0.25, -0.2) is 22.7 Å². The second-order valence-corrected chi connectivity index (χ2v) is 10.5. The Morgan fingerprint density at radius 2 is 1.79 bits per heavy atom. The van der Waals surface area contributed by atoms with Crippen LogP contribution in [0.5, 0.6) is 0 Å². The first-order chi connectivity index (χ1) is 15.3. The first-order valence-electron chi connectivity index (χ1n) is 9.61. The predicted molar refractivity (Wildman–Crippen MR) is 121 cm³/mol. The van der Waals surface area contributed by atoms with Crippen LogP contribution in [-0.4, -0.2) is 48.4 Å². The van der Waals surface area contributed by atoms with Gasteiger partial charge in [0, 0.05) is 25.2 Å². The van der Waals surface area contributed by atoms with E-state index >= 15 is 0 Å². The lowest BCUT2D eigenvalue weighted by atomic mass is 10.1. The molecule has 33 heavy (non-hydrogen) atoms. The molecule has 0 aliphatic heterocycles. The minimum absolute atomic E-state index is 0.0233. The molecule has 1 heterocycles. The molecule has 0 aliphatic rings. The van der Waals surface area contributed by atoms with Crippen LogP contribution in [0.1, 0.15) is 17.0 Å². The number of sulfonamides is 1. The van der Waals surface area contributed by atoms with Crippen molar-refractivity contribution >= 4 is 44.3 Å². The normalized spacial score (nSPS) is 12.4. The molecule has 0 bridgehead atoms. The van der Waals surface area contributed by atoms with Gasteiger partial charge in [-0.1, -0.05) is 30.0 Å². The lowest BCUT2D eigenvalue weighted by Gasteiger charge is -2.16. The van der Waals surface area contributed by atoms with E-state index in [0.717, 1.165) is 16.1 Å². The number of fused-ring (bicyclic) bond motifs is 1. The van der Waals surface area contributed by atoms with E-state index in [1.54, 1.807) is 32.0 Å². The van der Waals surface area contributed by atoms with Gasteiger partial charge in [-0.15, -0.1) is 0 Å². The molecule has 176 valence electrons. The molecule has 2 aromatic carbocycles. The number of hydrogen-bond acceptors (Lipinski definition) is 6. The number of hydrogen-bond donors (Lipinski definition) is 1. The minimum atomic E-state index is -4.73. The highest BCUT2D eigenvalue weighted by atomic mass is 32.2. The summed E-state index contributed by atoms with van der Waals surface area (Å²) in [7, 11) is -0.913. The van der Waals surface area contributed by atoms with E-state index in [2.05, 4.69) is 15.3 Å². The van der Waals surface area contributed by atoms with Gasteiger partial charge in [-0.3, -0.25) is 4.79 Å². The Morgan fingerprint density at radius 3 is 2.42 bits per heavy atom. The van der Waals surface area contributed by atoms with Gasteiger partial charge in [0.2, 0.25) is 21.8 Å². The minimum Gasteiger partial charge on any atom is -0.325 e. The molecular formula is C21H21F3N4O3S2. The predicted octanol–water partition coefficient (Wildman–Crippen LogP) is 4.25. The molecule has 1 aromatic heterocycles. The summed E-state index contributed by atoms with van der Waals surface area (Å²) < 4.78 is 65.6. The van der Waals surface area contributed by atoms with E-state index in [0.29, 0.717) is 22.2 Å². The van der Waals surface area contributed by atoms with Gasteiger partial charge in [0.05, 0.1) is 16.2 Å². The number of aryl methyl sites for hydroxylation is 1. The molecule has 0 unspecified atom stereocenters. The van der Waals surface area contributed by atoms with Gasteiger partial charge in [0.15, 0.2) is 0 Å². The molecular weight excluding hydrogens is 477 g/mol. The van der Waals surface area contributed by atoms with Crippen LogP contribution in [0, 0.1) is 13.8 Å². The third-order valence-electron chi connectivity index (χ3n) is 4.86. The van der Waals surface area contributed by atoms with Gasteiger partial charge in [-0.2, -0.15) is 13.2 Å². The molecule has 7 nitrogen and oxygen atoms in total. The number of aromatic nitrogens is 2. The van der Waals surface area contributed by atoms with Gasteiger partial charge >= 0.3 is 6.18 Å². The quantitative estimate of drug-likeness (QED) is 0.404. The summed E-state index contributed by atoms with van der Waals surface area (Å²) in [6.07, 6.45) is -4.73. The van der Waals surface area contributed by atoms with E-state index in [-0.39, 0.29) is 21.2 Å². The van der Waals surface area contributed by atoms with Crippen molar-refractivity contribution < 1.29 is 26.4 Å². The molecule has 0 radical (unpaired) electrons. The maximum Gasteiger partial charge on any atom is 0.451 e. The molecule has 0 atom stereocenters. The maximum atomic E-state index is 13.2. The van der Waals surface area contributed by atoms with Crippen LogP contribution < -0.4 is 5.32 Å². The molecule has 0 saturated heterocycles. The van der Waals surface area contributed by atoms with Crippen LogP contribution in [0.3, 0.4) is 0 Å². The Balaban J connectivity index is 1.86. The van der Waals surface area contributed by atoms with Gasteiger partial charge in [-0.05, 0) is 43.2 Å². The van der Waals surface area contributed by atoms with Crippen molar-refractivity contribution in [2.45, 2.75) is 29.9 Å². The number of anilines is 1. The number of para-hydroxylation sites is 1. The average Bonchev–Trinajstić information content (AvgIpc) is 2.74. The first kappa shape index (κ1) is 24.9. The zero-order valence-corrected chi connectivity index (χ0v) is 19.8. The van der Waals surface area contributed by atoms with E-state index < -0.39 is 27.9 Å². The van der Waals surface area contributed by atoms with Crippen LogP contribution >= 0.6 is 11.8 Å². The molecule has 12 heteroatoms. The number of carbonyl (C=O) groups excluding carboxylic acids is 1. The highest BCUT2D eigenvalue weighted by molar-refractivity contribution is 8.00. The standard InChI is InChI=1S/C21H21F3N4O3S2/c1-12-9-14(33(30,31)28(3)4)10-17(13(12)2)25-18(29)11-32-19-15-7-5-6-8-16(15)26-20(27-19)21(22,23)24/h5-10H,11H2,1-4H3,(H,25,29). The fourth-order valence-corrected chi connectivity index (χ4v) is 4.75. The monoisotopic (exact) mass is 498 g/mol. The number of amides is 1. The van der Waals surface area contributed by atoms with Crippen LogP contribution in [0.4, 0.5) is 18.9 Å². The SMILES string of the molecule is Cc1cc(S(=O)(=O)N(C)C)cc(NC(=O)CSc2nc(C(F)(F)F)nc3ccccc23)c1C. The third-order valence-corrected chi connectivity index (χ3v) is 7.64. The summed E-state index contributed by atoms with van der Waals surface area (Å²) in [5.41, 5.74) is 1.77. The summed E-state index contributed by atoms with van der Waals surface area (Å²) in [4.78, 5) is 19.8. The molecule has 1 amide bonds. The largest absolute Gasteiger partial charge is 0.451 e.